The maximum Gasteiger partial charge on any atom is 0.0685 e. The molecule has 1 aromatic carbocycles. The molecule has 0 radical (unpaired) electrons. The zero-order valence-corrected chi connectivity index (χ0v) is 13.3. The lowest BCUT2D eigenvalue weighted by atomic mass is 9.70. The molecule has 2 atom stereocenters. The van der Waals surface area contributed by atoms with Gasteiger partial charge in [0.15, 0.2) is 0 Å². The van der Waals surface area contributed by atoms with E-state index in [1.165, 1.54) is 44.1 Å². The Kier molecular flexibility index (Phi) is 4.97. The summed E-state index contributed by atoms with van der Waals surface area (Å²) in [5.74, 6) is 0.769. The highest BCUT2D eigenvalue weighted by molar-refractivity contribution is 5.16. The first-order valence-electron chi connectivity index (χ1n) is 8.73. The van der Waals surface area contributed by atoms with E-state index in [1.54, 1.807) is 0 Å². The van der Waals surface area contributed by atoms with Gasteiger partial charge in [-0.25, -0.2) is 0 Å². The van der Waals surface area contributed by atoms with Gasteiger partial charge in [0.2, 0.25) is 0 Å². The lowest BCUT2D eigenvalue weighted by molar-refractivity contribution is -0.147. The molecule has 116 valence electrons. The molecule has 2 heteroatoms. The molecule has 1 heterocycles. The highest BCUT2D eigenvalue weighted by Crippen LogP contribution is 2.45. The molecule has 1 aliphatic carbocycles. The van der Waals surface area contributed by atoms with Crippen molar-refractivity contribution in [2.45, 2.75) is 63.5 Å². The summed E-state index contributed by atoms with van der Waals surface area (Å²) >= 11 is 0. The minimum Gasteiger partial charge on any atom is -0.375 e. The third-order valence-corrected chi connectivity index (χ3v) is 5.32. The van der Waals surface area contributed by atoms with Crippen molar-refractivity contribution in [2.75, 3.05) is 13.2 Å². The third kappa shape index (κ3) is 3.67. The van der Waals surface area contributed by atoms with E-state index in [0.29, 0.717) is 6.04 Å². The maximum absolute atomic E-state index is 6.11. The standard InChI is InChI=1S/C19H29NO/c1-2-12-20-18(14-16-7-4-3-5-8-16)17-9-13-21-19(15-17)10-6-11-19/h3-5,7-8,17-18,20H,2,6,9-15H2,1H3. The highest BCUT2D eigenvalue weighted by atomic mass is 16.5. The molecule has 0 aromatic heterocycles. The molecule has 0 bridgehead atoms. The van der Waals surface area contributed by atoms with E-state index < -0.39 is 0 Å². The fourth-order valence-electron chi connectivity index (χ4n) is 3.93. The Morgan fingerprint density at radius 2 is 2.10 bits per heavy atom. The molecule has 1 aromatic rings. The molecular formula is C19H29NO. The van der Waals surface area contributed by atoms with Crippen LogP contribution in [0.3, 0.4) is 0 Å². The van der Waals surface area contributed by atoms with Gasteiger partial charge >= 0.3 is 0 Å². The van der Waals surface area contributed by atoms with Gasteiger partial charge in [0.1, 0.15) is 0 Å². The minimum atomic E-state index is 0.256. The molecule has 21 heavy (non-hydrogen) atoms. The molecule has 1 saturated carbocycles. The average molecular weight is 287 g/mol. The molecule has 2 aliphatic rings. The topological polar surface area (TPSA) is 21.3 Å². The molecule has 2 fully saturated rings. The third-order valence-electron chi connectivity index (χ3n) is 5.32. The van der Waals surface area contributed by atoms with E-state index >= 15 is 0 Å². The van der Waals surface area contributed by atoms with Crippen LogP contribution in [0.4, 0.5) is 0 Å². The van der Waals surface area contributed by atoms with Crippen LogP contribution in [0.5, 0.6) is 0 Å². The van der Waals surface area contributed by atoms with Crippen LogP contribution >= 0.6 is 0 Å². The van der Waals surface area contributed by atoms with E-state index in [1.807, 2.05) is 0 Å². The molecule has 1 aliphatic heterocycles. The first kappa shape index (κ1) is 15.1. The zero-order chi connectivity index (χ0) is 14.5. The second-order valence-electron chi connectivity index (χ2n) is 6.89. The number of benzene rings is 1. The van der Waals surface area contributed by atoms with Crippen molar-refractivity contribution in [1.29, 1.82) is 0 Å². The van der Waals surface area contributed by atoms with Gasteiger partial charge in [-0.2, -0.15) is 0 Å². The second-order valence-corrected chi connectivity index (χ2v) is 6.89. The molecular weight excluding hydrogens is 258 g/mol. The lowest BCUT2D eigenvalue weighted by Crippen LogP contribution is -2.51. The largest absolute Gasteiger partial charge is 0.375 e. The fraction of sp³-hybridized carbons (Fsp3) is 0.684. The average Bonchev–Trinajstić information content (AvgIpc) is 2.51. The Morgan fingerprint density at radius 3 is 2.76 bits per heavy atom. The van der Waals surface area contributed by atoms with Crippen LogP contribution in [-0.4, -0.2) is 24.8 Å². The van der Waals surface area contributed by atoms with Crippen molar-refractivity contribution >= 4 is 0 Å². The SMILES string of the molecule is CCCNC(Cc1ccccc1)C1CCOC2(CCC2)C1. The first-order valence-corrected chi connectivity index (χ1v) is 8.73. The zero-order valence-electron chi connectivity index (χ0n) is 13.3. The Morgan fingerprint density at radius 1 is 1.29 bits per heavy atom. The Hall–Kier alpha value is -0.860. The summed E-state index contributed by atoms with van der Waals surface area (Å²) in [4.78, 5) is 0. The van der Waals surface area contributed by atoms with E-state index in [0.717, 1.165) is 25.5 Å². The van der Waals surface area contributed by atoms with E-state index in [4.69, 9.17) is 4.74 Å². The van der Waals surface area contributed by atoms with Crippen molar-refractivity contribution in [3.05, 3.63) is 35.9 Å². The van der Waals surface area contributed by atoms with Crippen LogP contribution in [0.1, 0.15) is 51.0 Å². The summed E-state index contributed by atoms with van der Waals surface area (Å²) < 4.78 is 6.11. The van der Waals surface area contributed by atoms with Crippen LogP contribution < -0.4 is 5.32 Å². The van der Waals surface area contributed by atoms with Gasteiger partial charge in [0.25, 0.3) is 0 Å². The number of rotatable bonds is 6. The van der Waals surface area contributed by atoms with Crippen molar-refractivity contribution in [3.8, 4) is 0 Å². The Balaban J connectivity index is 1.66. The highest BCUT2D eigenvalue weighted by Gasteiger charge is 2.44. The van der Waals surface area contributed by atoms with Gasteiger partial charge in [0.05, 0.1) is 5.60 Å². The quantitative estimate of drug-likeness (QED) is 0.855. The molecule has 0 amide bonds. The van der Waals surface area contributed by atoms with E-state index in [9.17, 15) is 0 Å². The van der Waals surface area contributed by atoms with Crippen LogP contribution in [0.15, 0.2) is 30.3 Å². The minimum absolute atomic E-state index is 0.256. The smallest absolute Gasteiger partial charge is 0.0685 e. The molecule has 1 saturated heterocycles. The summed E-state index contributed by atoms with van der Waals surface area (Å²) in [7, 11) is 0. The summed E-state index contributed by atoms with van der Waals surface area (Å²) in [5.41, 5.74) is 1.71. The van der Waals surface area contributed by atoms with Gasteiger partial charge in [-0.1, -0.05) is 37.3 Å². The number of ether oxygens (including phenoxy) is 1. The molecule has 3 rings (SSSR count). The molecule has 2 unspecified atom stereocenters. The van der Waals surface area contributed by atoms with Crippen molar-refractivity contribution < 1.29 is 4.74 Å². The van der Waals surface area contributed by atoms with Crippen LogP contribution in [0, 0.1) is 5.92 Å². The normalized spacial score (nSPS) is 25.5. The second kappa shape index (κ2) is 6.93. The first-order chi connectivity index (χ1) is 10.3. The van der Waals surface area contributed by atoms with Crippen LogP contribution in [-0.2, 0) is 11.2 Å². The van der Waals surface area contributed by atoms with Gasteiger partial charge in [-0.15, -0.1) is 0 Å². The summed E-state index contributed by atoms with van der Waals surface area (Å²) in [6, 6.07) is 11.6. The predicted octanol–water partition coefficient (Wildman–Crippen LogP) is 3.95. The lowest BCUT2D eigenvalue weighted by Gasteiger charge is -2.49. The Labute approximate surface area is 129 Å². The van der Waals surface area contributed by atoms with Crippen LogP contribution in [0.25, 0.3) is 0 Å². The fourth-order valence-corrected chi connectivity index (χ4v) is 3.93. The van der Waals surface area contributed by atoms with Gasteiger partial charge in [-0.3, -0.25) is 0 Å². The van der Waals surface area contributed by atoms with Crippen LogP contribution in [0.2, 0.25) is 0 Å². The molecule has 1 N–H and O–H groups in total. The maximum atomic E-state index is 6.11. The molecule has 2 nitrogen and oxygen atoms in total. The summed E-state index contributed by atoms with van der Waals surface area (Å²) in [5, 5.41) is 3.82. The number of hydrogen-bond donors (Lipinski definition) is 1. The monoisotopic (exact) mass is 287 g/mol. The van der Waals surface area contributed by atoms with Crippen molar-refractivity contribution in [2.24, 2.45) is 5.92 Å². The molecule has 1 spiro atoms. The van der Waals surface area contributed by atoms with Crippen molar-refractivity contribution in [1.82, 2.24) is 5.32 Å². The van der Waals surface area contributed by atoms with Gasteiger partial charge < -0.3 is 10.1 Å². The number of nitrogens with one attached hydrogen (secondary N) is 1. The number of hydrogen-bond acceptors (Lipinski definition) is 2. The summed E-state index contributed by atoms with van der Waals surface area (Å²) in [6.45, 7) is 4.34. The van der Waals surface area contributed by atoms with E-state index in [-0.39, 0.29) is 5.60 Å². The van der Waals surface area contributed by atoms with Crippen molar-refractivity contribution in [3.63, 3.8) is 0 Å². The predicted molar refractivity (Wildman–Crippen MR) is 87.5 cm³/mol. The summed E-state index contributed by atoms with van der Waals surface area (Å²) in [6.07, 6.45) is 8.78. The Bertz CT molecular complexity index is 426. The van der Waals surface area contributed by atoms with Gasteiger partial charge in [-0.05, 0) is 63.0 Å². The van der Waals surface area contributed by atoms with Gasteiger partial charge in [0, 0.05) is 12.6 Å². The van der Waals surface area contributed by atoms with E-state index in [2.05, 4.69) is 42.6 Å².